The maximum absolute atomic E-state index is 15.1. The van der Waals surface area contributed by atoms with Gasteiger partial charge in [0.25, 0.3) is 0 Å². The number of allylic oxidation sites excluding steroid dienone is 3. The van der Waals surface area contributed by atoms with E-state index in [4.69, 9.17) is 0 Å². The number of carboxylic acid groups (broad SMARTS) is 1. The summed E-state index contributed by atoms with van der Waals surface area (Å²) in [5.41, 5.74) is 4.23. The molecule has 3 aliphatic heterocycles. The van der Waals surface area contributed by atoms with Crippen LogP contribution in [-0.4, -0.2) is 59.3 Å². The molecule has 3 aliphatic rings. The molecule has 0 radical (unpaired) electrons. The van der Waals surface area contributed by atoms with Crippen molar-refractivity contribution < 1.29 is 19.1 Å². The summed E-state index contributed by atoms with van der Waals surface area (Å²) >= 11 is 0. The Morgan fingerprint density at radius 3 is 2.76 bits per heavy atom. The standard InChI is InChI=1S/C29H33FN4O3/c30-25-18-22(11-13-24(25)20-6-2-1-3-7-20)26(19-27(35)36)34-17-16-33(29(34)37)15-5-9-23-12-10-21-8-4-14-31-28(21)32-23/h1-3,6-7,10-13,18,26,28,31-32H,4-5,8-9,14-17,19H2,(H,35,36)/t26-,28?/m0/s1. The van der Waals surface area contributed by atoms with Gasteiger partial charge in [0.15, 0.2) is 0 Å². The second-order valence-electron chi connectivity index (χ2n) is 9.85. The predicted octanol–water partition coefficient (Wildman–Crippen LogP) is 4.65. The SMILES string of the molecule is O=C(O)C[C@@H](c1ccc(-c2ccccc2)c(F)c1)N1CCN(CCCC2=CC=C3CCCNC3N2)C1=O. The fourth-order valence-electron chi connectivity index (χ4n) is 5.46. The number of hydrogen-bond donors (Lipinski definition) is 3. The van der Waals surface area contributed by atoms with Crippen LogP contribution < -0.4 is 10.6 Å². The number of amides is 2. The van der Waals surface area contributed by atoms with E-state index in [9.17, 15) is 14.7 Å². The number of dihydropyridines is 1. The lowest BCUT2D eigenvalue weighted by Gasteiger charge is -2.32. The molecule has 1 unspecified atom stereocenters. The van der Waals surface area contributed by atoms with Crippen LogP contribution in [0, 0.1) is 5.82 Å². The van der Waals surface area contributed by atoms with Gasteiger partial charge >= 0.3 is 12.0 Å². The Bertz CT molecular complexity index is 1210. The Labute approximate surface area is 216 Å². The van der Waals surface area contributed by atoms with Crippen LogP contribution in [-0.2, 0) is 4.79 Å². The normalized spacial score (nSPS) is 20.1. The van der Waals surface area contributed by atoms with Gasteiger partial charge < -0.3 is 20.2 Å². The lowest BCUT2D eigenvalue weighted by Crippen LogP contribution is -2.47. The summed E-state index contributed by atoms with van der Waals surface area (Å²) < 4.78 is 15.1. The number of carbonyl (C=O) groups is 2. The maximum atomic E-state index is 15.1. The topological polar surface area (TPSA) is 84.9 Å². The van der Waals surface area contributed by atoms with Gasteiger partial charge in [-0.1, -0.05) is 48.5 Å². The van der Waals surface area contributed by atoms with Gasteiger partial charge in [-0.3, -0.25) is 10.1 Å². The monoisotopic (exact) mass is 504 g/mol. The molecule has 7 nitrogen and oxygen atoms in total. The number of aliphatic carboxylic acids is 1. The Hall–Kier alpha value is -3.65. The zero-order valence-electron chi connectivity index (χ0n) is 20.8. The first-order valence-electron chi connectivity index (χ1n) is 13.0. The molecule has 37 heavy (non-hydrogen) atoms. The Kier molecular flexibility index (Phi) is 7.55. The average molecular weight is 505 g/mol. The van der Waals surface area contributed by atoms with Gasteiger partial charge in [0.2, 0.25) is 0 Å². The molecule has 5 rings (SSSR count). The molecule has 3 N–H and O–H groups in total. The first kappa shape index (κ1) is 25.0. The fraction of sp³-hybridized carbons (Fsp3) is 0.379. The van der Waals surface area contributed by atoms with Crippen molar-refractivity contribution in [1.29, 1.82) is 0 Å². The van der Waals surface area contributed by atoms with E-state index in [2.05, 4.69) is 22.8 Å². The molecular weight excluding hydrogens is 471 g/mol. The first-order valence-corrected chi connectivity index (χ1v) is 13.0. The molecule has 2 aromatic rings. The van der Waals surface area contributed by atoms with E-state index in [0.717, 1.165) is 43.5 Å². The van der Waals surface area contributed by atoms with Crippen molar-refractivity contribution in [2.45, 2.75) is 44.3 Å². The van der Waals surface area contributed by atoms with Crippen molar-refractivity contribution in [3.8, 4) is 11.1 Å². The van der Waals surface area contributed by atoms with Gasteiger partial charge in [0, 0.05) is 30.9 Å². The van der Waals surface area contributed by atoms with Gasteiger partial charge in [0.1, 0.15) is 5.82 Å². The number of halogens is 1. The number of rotatable bonds is 9. The van der Waals surface area contributed by atoms with E-state index in [-0.39, 0.29) is 18.6 Å². The summed E-state index contributed by atoms with van der Waals surface area (Å²) in [4.78, 5) is 28.3. The fourth-order valence-corrected chi connectivity index (χ4v) is 5.46. The number of nitrogens with one attached hydrogen (secondary N) is 2. The second kappa shape index (κ2) is 11.2. The van der Waals surface area contributed by atoms with Crippen molar-refractivity contribution in [2.75, 3.05) is 26.2 Å². The van der Waals surface area contributed by atoms with E-state index >= 15 is 4.39 Å². The molecule has 2 fully saturated rings. The van der Waals surface area contributed by atoms with Crippen LogP contribution in [0.25, 0.3) is 11.1 Å². The smallest absolute Gasteiger partial charge is 0.320 e. The highest BCUT2D eigenvalue weighted by atomic mass is 19.1. The van der Waals surface area contributed by atoms with Crippen molar-refractivity contribution in [3.05, 3.63) is 83.3 Å². The average Bonchev–Trinajstić information content (AvgIpc) is 3.27. The highest BCUT2D eigenvalue weighted by Crippen LogP contribution is 2.32. The van der Waals surface area contributed by atoms with Crippen LogP contribution in [0.15, 0.2) is 72.0 Å². The van der Waals surface area contributed by atoms with Crippen molar-refractivity contribution in [2.24, 2.45) is 0 Å². The van der Waals surface area contributed by atoms with E-state index in [1.54, 1.807) is 21.9 Å². The quantitative estimate of drug-likeness (QED) is 0.463. The van der Waals surface area contributed by atoms with E-state index in [0.29, 0.717) is 30.8 Å². The number of carbonyl (C=O) groups excluding carboxylic acids is 1. The lowest BCUT2D eigenvalue weighted by atomic mass is 9.97. The molecule has 194 valence electrons. The van der Waals surface area contributed by atoms with Gasteiger partial charge in [0.05, 0.1) is 18.6 Å². The summed E-state index contributed by atoms with van der Waals surface area (Å²) in [5, 5.41) is 16.6. The molecule has 0 spiro atoms. The number of urea groups is 1. The molecular formula is C29H33FN4O3. The summed E-state index contributed by atoms with van der Waals surface area (Å²) in [7, 11) is 0. The summed E-state index contributed by atoms with van der Waals surface area (Å²) in [6.45, 7) is 2.54. The zero-order valence-corrected chi connectivity index (χ0v) is 20.8. The minimum atomic E-state index is -1.03. The van der Waals surface area contributed by atoms with Gasteiger partial charge in [-0.2, -0.15) is 0 Å². The number of carboxylic acids is 1. The van der Waals surface area contributed by atoms with Crippen LogP contribution in [0.1, 0.15) is 43.7 Å². The zero-order chi connectivity index (χ0) is 25.8. The van der Waals surface area contributed by atoms with Crippen LogP contribution >= 0.6 is 0 Å². The molecule has 3 heterocycles. The summed E-state index contributed by atoms with van der Waals surface area (Å²) in [6, 6.07) is 13.1. The number of piperidine rings is 1. The van der Waals surface area contributed by atoms with Gasteiger partial charge in [-0.25, -0.2) is 9.18 Å². The minimum Gasteiger partial charge on any atom is -0.481 e. The minimum absolute atomic E-state index is 0.194. The Morgan fingerprint density at radius 1 is 1.14 bits per heavy atom. The molecule has 8 heteroatoms. The Morgan fingerprint density at radius 2 is 1.97 bits per heavy atom. The first-order chi connectivity index (χ1) is 18.0. The lowest BCUT2D eigenvalue weighted by molar-refractivity contribution is -0.138. The van der Waals surface area contributed by atoms with Gasteiger partial charge in [-0.05, 0) is 61.1 Å². The highest BCUT2D eigenvalue weighted by molar-refractivity contribution is 5.78. The van der Waals surface area contributed by atoms with Gasteiger partial charge in [-0.15, -0.1) is 0 Å². The van der Waals surface area contributed by atoms with Crippen molar-refractivity contribution in [1.82, 2.24) is 20.4 Å². The largest absolute Gasteiger partial charge is 0.481 e. The van der Waals surface area contributed by atoms with E-state index in [1.807, 2.05) is 30.3 Å². The molecule has 0 saturated carbocycles. The third kappa shape index (κ3) is 5.69. The van der Waals surface area contributed by atoms with E-state index in [1.165, 1.54) is 11.6 Å². The number of hydrogen-bond acceptors (Lipinski definition) is 4. The number of fused-ring (bicyclic) bond motifs is 1. The van der Waals surface area contributed by atoms with Crippen molar-refractivity contribution in [3.63, 3.8) is 0 Å². The van der Waals surface area contributed by atoms with E-state index < -0.39 is 17.8 Å². The van der Waals surface area contributed by atoms with Crippen LogP contribution in [0.4, 0.5) is 9.18 Å². The second-order valence-corrected chi connectivity index (χ2v) is 9.85. The highest BCUT2D eigenvalue weighted by Gasteiger charge is 2.35. The number of nitrogens with zero attached hydrogens (tertiary/aromatic N) is 2. The number of benzene rings is 2. The molecule has 2 atom stereocenters. The Balaban J connectivity index is 1.23. The third-order valence-corrected chi connectivity index (χ3v) is 7.40. The maximum Gasteiger partial charge on any atom is 0.320 e. The molecule has 2 saturated heterocycles. The van der Waals surface area contributed by atoms with Crippen LogP contribution in [0.2, 0.25) is 0 Å². The predicted molar refractivity (Wildman–Crippen MR) is 140 cm³/mol. The van der Waals surface area contributed by atoms with Crippen LogP contribution in [0.5, 0.6) is 0 Å². The molecule has 0 aromatic heterocycles. The molecule has 0 aliphatic carbocycles. The van der Waals surface area contributed by atoms with Crippen LogP contribution in [0.3, 0.4) is 0 Å². The molecule has 0 bridgehead atoms. The molecule has 2 aromatic carbocycles. The molecule has 2 amide bonds. The van der Waals surface area contributed by atoms with Crippen molar-refractivity contribution >= 4 is 12.0 Å². The summed E-state index contributed by atoms with van der Waals surface area (Å²) in [5.74, 6) is -1.46. The summed E-state index contributed by atoms with van der Waals surface area (Å²) in [6.07, 6.45) is 8.18. The third-order valence-electron chi connectivity index (χ3n) is 7.40.